The van der Waals surface area contributed by atoms with Crippen LogP contribution in [-0.2, 0) is 16.1 Å². The van der Waals surface area contributed by atoms with Gasteiger partial charge in [-0.3, -0.25) is 14.3 Å². The Morgan fingerprint density at radius 3 is 2.57 bits per heavy atom. The van der Waals surface area contributed by atoms with Crippen LogP contribution in [0.15, 0.2) is 24.3 Å². The van der Waals surface area contributed by atoms with Crippen LogP contribution in [0.4, 0.5) is 4.79 Å². The number of aryl methyl sites for hydroxylation is 1. The zero-order chi connectivity index (χ0) is 24.6. The van der Waals surface area contributed by atoms with Gasteiger partial charge < -0.3 is 10.1 Å². The molecule has 4 bridgehead atoms. The van der Waals surface area contributed by atoms with E-state index in [0.717, 1.165) is 75.2 Å². The van der Waals surface area contributed by atoms with E-state index in [9.17, 15) is 14.4 Å². The van der Waals surface area contributed by atoms with Gasteiger partial charge in [0.25, 0.3) is 0 Å². The van der Waals surface area contributed by atoms with Crippen LogP contribution in [0.1, 0.15) is 88.5 Å². The Morgan fingerprint density at radius 2 is 1.86 bits per heavy atom. The fourth-order valence-electron chi connectivity index (χ4n) is 7.56. The molecule has 0 radical (unpaired) electrons. The average molecular weight is 480 g/mol. The quantitative estimate of drug-likeness (QED) is 0.361. The van der Waals surface area contributed by atoms with Crippen LogP contribution >= 0.6 is 0 Å². The van der Waals surface area contributed by atoms with Gasteiger partial charge in [0.05, 0.1) is 12.1 Å². The molecule has 4 fully saturated rings. The maximum atomic E-state index is 13.8. The van der Waals surface area contributed by atoms with Crippen molar-refractivity contribution >= 4 is 28.6 Å². The molecule has 4 aliphatic carbocycles. The van der Waals surface area contributed by atoms with Gasteiger partial charge in [0.15, 0.2) is 5.78 Å². The molecular formula is C28H37N3O4. The summed E-state index contributed by atoms with van der Waals surface area (Å²) in [5, 5.41) is 8.33. The van der Waals surface area contributed by atoms with Crippen molar-refractivity contribution in [2.45, 2.75) is 90.2 Å². The summed E-state index contributed by atoms with van der Waals surface area (Å²) in [4.78, 5) is 37.5. The van der Waals surface area contributed by atoms with Crippen molar-refractivity contribution in [1.82, 2.24) is 15.1 Å². The highest BCUT2D eigenvalue weighted by atomic mass is 16.6. The fraction of sp³-hybridized carbons (Fsp3) is 0.643. The number of unbranched alkanes of at least 4 members (excludes halogenated alkanes) is 2. The van der Waals surface area contributed by atoms with Gasteiger partial charge >= 0.3 is 6.09 Å². The van der Waals surface area contributed by atoms with Gasteiger partial charge in [-0.25, -0.2) is 4.79 Å². The monoisotopic (exact) mass is 479 g/mol. The normalized spacial score (nSPS) is 28.9. The second kappa shape index (κ2) is 9.40. The molecule has 1 aromatic carbocycles. The molecule has 1 aromatic heterocycles. The van der Waals surface area contributed by atoms with E-state index >= 15 is 0 Å². The van der Waals surface area contributed by atoms with E-state index < -0.39 is 11.7 Å². The zero-order valence-corrected chi connectivity index (χ0v) is 21.0. The van der Waals surface area contributed by atoms with Gasteiger partial charge in [-0.2, -0.15) is 5.10 Å². The minimum atomic E-state index is -0.521. The average Bonchev–Trinajstić information content (AvgIpc) is 3.15. The summed E-state index contributed by atoms with van der Waals surface area (Å²) < 4.78 is 8.01. The van der Waals surface area contributed by atoms with E-state index in [1.807, 2.05) is 22.9 Å². The molecule has 7 nitrogen and oxygen atoms in total. The number of aromatic nitrogens is 2. The summed E-state index contributed by atoms with van der Waals surface area (Å²) in [6, 6.07) is 8.05. The Balaban J connectivity index is 1.35. The molecule has 6 rings (SSSR count). The number of benzene rings is 1. The Kier molecular flexibility index (Phi) is 6.45. The summed E-state index contributed by atoms with van der Waals surface area (Å²) in [6.45, 7) is 4.44. The Morgan fingerprint density at radius 1 is 1.11 bits per heavy atom. The van der Waals surface area contributed by atoms with Crippen LogP contribution in [-0.4, -0.2) is 39.6 Å². The SMILES string of the molecule is CCCCCn1nc(C(=O)CC23CC4CC(C2)CC(OC(=O)NCC(C)=O)(C4)C3)c2ccccc21. The summed E-state index contributed by atoms with van der Waals surface area (Å²) in [7, 11) is 0. The van der Waals surface area contributed by atoms with E-state index in [1.165, 1.54) is 6.92 Å². The zero-order valence-electron chi connectivity index (χ0n) is 21.0. The van der Waals surface area contributed by atoms with Gasteiger partial charge in [-0.05, 0) is 75.2 Å². The first-order chi connectivity index (χ1) is 16.8. The lowest BCUT2D eigenvalue weighted by Gasteiger charge is -2.61. The Hall–Kier alpha value is -2.70. The molecule has 1 amide bonds. The highest BCUT2D eigenvalue weighted by Crippen LogP contribution is 2.64. The van der Waals surface area contributed by atoms with Crippen LogP contribution < -0.4 is 5.32 Å². The number of fused-ring (bicyclic) bond motifs is 1. The van der Waals surface area contributed by atoms with E-state index in [4.69, 9.17) is 9.84 Å². The number of ketones is 2. The molecule has 188 valence electrons. The Bertz CT molecular complexity index is 1120. The molecule has 7 heteroatoms. The number of nitrogens with zero attached hydrogens (tertiary/aromatic N) is 2. The molecule has 2 atom stereocenters. The lowest BCUT2D eigenvalue weighted by Crippen LogP contribution is -2.58. The third-order valence-electron chi connectivity index (χ3n) is 8.35. The number of amides is 1. The molecule has 2 unspecified atom stereocenters. The highest BCUT2D eigenvalue weighted by Gasteiger charge is 2.60. The fourth-order valence-corrected chi connectivity index (χ4v) is 7.56. The van der Waals surface area contributed by atoms with Crippen LogP contribution in [0.25, 0.3) is 10.9 Å². The lowest BCUT2D eigenvalue weighted by atomic mass is 9.47. The predicted octanol–water partition coefficient (Wildman–Crippen LogP) is 5.45. The number of carbonyl (C=O) groups excluding carboxylic acids is 3. The molecule has 4 saturated carbocycles. The number of nitrogens with one attached hydrogen (secondary N) is 1. The van der Waals surface area contributed by atoms with Crippen LogP contribution in [0.5, 0.6) is 0 Å². The minimum absolute atomic E-state index is 0.0145. The molecule has 1 N–H and O–H groups in total. The van der Waals surface area contributed by atoms with Gasteiger partial charge in [0, 0.05) is 18.4 Å². The van der Waals surface area contributed by atoms with E-state index in [1.54, 1.807) is 0 Å². The van der Waals surface area contributed by atoms with Crippen molar-refractivity contribution in [2.24, 2.45) is 17.3 Å². The molecule has 35 heavy (non-hydrogen) atoms. The smallest absolute Gasteiger partial charge is 0.408 e. The van der Waals surface area contributed by atoms with Crippen LogP contribution in [0.2, 0.25) is 0 Å². The number of Topliss-reactive ketones (excluding diaryl/α,β-unsaturated/α-hetero) is 2. The minimum Gasteiger partial charge on any atom is -0.443 e. The van der Waals surface area contributed by atoms with Gasteiger partial charge in [0.1, 0.15) is 17.1 Å². The second-order valence-corrected chi connectivity index (χ2v) is 11.5. The van der Waals surface area contributed by atoms with E-state index in [-0.39, 0.29) is 23.5 Å². The number of carbonyl (C=O) groups is 3. The van der Waals surface area contributed by atoms with Crippen LogP contribution in [0, 0.1) is 17.3 Å². The number of hydrogen-bond acceptors (Lipinski definition) is 5. The largest absolute Gasteiger partial charge is 0.443 e. The molecular weight excluding hydrogens is 442 g/mol. The van der Waals surface area contributed by atoms with Crippen molar-refractivity contribution in [3.05, 3.63) is 30.0 Å². The number of hydrogen-bond donors (Lipinski definition) is 1. The van der Waals surface area contributed by atoms with Gasteiger partial charge in [0.2, 0.25) is 0 Å². The maximum absolute atomic E-state index is 13.8. The summed E-state index contributed by atoms with van der Waals surface area (Å²) in [6.07, 6.45) is 8.93. The van der Waals surface area contributed by atoms with E-state index in [2.05, 4.69) is 18.3 Å². The van der Waals surface area contributed by atoms with Crippen molar-refractivity contribution in [1.29, 1.82) is 0 Å². The Labute approximate surface area is 207 Å². The molecule has 4 aliphatic rings. The summed E-state index contributed by atoms with van der Waals surface area (Å²) in [5.41, 5.74) is 0.948. The lowest BCUT2D eigenvalue weighted by molar-refractivity contribution is -0.163. The predicted molar refractivity (Wildman–Crippen MR) is 133 cm³/mol. The molecule has 1 heterocycles. The molecule has 0 spiro atoms. The third-order valence-corrected chi connectivity index (χ3v) is 8.35. The first-order valence-corrected chi connectivity index (χ1v) is 13.3. The number of rotatable bonds is 10. The first-order valence-electron chi connectivity index (χ1n) is 13.3. The van der Waals surface area contributed by atoms with Crippen LogP contribution in [0.3, 0.4) is 0 Å². The summed E-state index contributed by atoms with van der Waals surface area (Å²) in [5.74, 6) is 0.963. The standard InChI is InChI=1S/C28H37N3O4/c1-3-4-7-10-31-23-9-6-5-8-22(23)25(30-31)24(33)16-27-12-20-11-21(13-27)15-28(14-20,18-27)35-26(34)29-17-19(2)32/h5-6,8-9,20-21H,3-4,7,10-18H2,1-2H3,(H,29,34). The van der Waals surface area contributed by atoms with Crippen molar-refractivity contribution in [2.75, 3.05) is 6.54 Å². The topological polar surface area (TPSA) is 90.3 Å². The molecule has 2 aromatic rings. The molecule has 0 saturated heterocycles. The van der Waals surface area contributed by atoms with Crippen molar-refractivity contribution in [3.63, 3.8) is 0 Å². The number of alkyl carbamates (subject to hydrolysis) is 1. The first kappa shape index (κ1) is 24.0. The van der Waals surface area contributed by atoms with Gasteiger partial charge in [-0.15, -0.1) is 0 Å². The van der Waals surface area contributed by atoms with E-state index in [0.29, 0.717) is 24.0 Å². The maximum Gasteiger partial charge on any atom is 0.408 e. The molecule has 0 aliphatic heterocycles. The summed E-state index contributed by atoms with van der Waals surface area (Å²) >= 11 is 0. The van der Waals surface area contributed by atoms with Gasteiger partial charge in [-0.1, -0.05) is 38.0 Å². The van der Waals surface area contributed by atoms with Crippen molar-refractivity contribution in [3.8, 4) is 0 Å². The number of ether oxygens (including phenoxy) is 1. The second-order valence-electron chi connectivity index (χ2n) is 11.5. The number of para-hydroxylation sites is 1. The third kappa shape index (κ3) is 4.87. The highest BCUT2D eigenvalue weighted by molar-refractivity contribution is 6.06. The van der Waals surface area contributed by atoms with Crippen molar-refractivity contribution < 1.29 is 19.1 Å².